The van der Waals surface area contributed by atoms with Crippen LogP contribution in [0.4, 0.5) is 5.69 Å². The van der Waals surface area contributed by atoms with Crippen molar-refractivity contribution in [2.24, 2.45) is 0 Å². The van der Waals surface area contributed by atoms with E-state index in [1.165, 1.54) is 12.1 Å². The van der Waals surface area contributed by atoms with Crippen molar-refractivity contribution in [3.05, 3.63) is 48.0 Å². The Morgan fingerprint density at radius 3 is 2.22 bits per heavy atom. The third kappa shape index (κ3) is 5.89. The number of hydrogen-bond acceptors (Lipinski definition) is 6. The van der Waals surface area contributed by atoms with Crippen LogP contribution in [0.5, 0.6) is 11.5 Å². The standard InChI is InChI=1S/C19H23NO6S/c1-3-25-17-11-8-15(13-18(17)26-4-2)20-27(23,24)16-9-5-14(6-10-16)7-12-19(21)22/h5-6,8-11,13,20H,3-4,7,12H2,1-2H3,(H,21,22)/p-1. The van der Waals surface area contributed by atoms with Gasteiger partial charge in [0.25, 0.3) is 10.0 Å². The number of sulfonamides is 1. The number of aliphatic carboxylic acids is 1. The average Bonchev–Trinajstić information content (AvgIpc) is 2.62. The monoisotopic (exact) mass is 392 g/mol. The zero-order valence-electron chi connectivity index (χ0n) is 15.2. The molecule has 0 aromatic heterocycles. The number of carboxylic acid groups (broad SMARTS) is 1. The van der Waals surface area contributed by atoms with E-state index in [2.05, 4.69) is 4.72 Å². The van der Waals surface area contributed by atoms with Crippen molar-refractivity contribution < 1.29 is 27.8 Å². The van der Waals surface area contributed by atoms with Gasteiger partial charge in [-0.2, -0.15) is 0 Å². The van der Waals surface area contributed by atoms with Crippen LogP contribution in [-0.2, 0) is 21.2 Å². The number of carbonyl (C=O) groups is 1. The molecule has 0 bridgehead atoms. The molecule has 0 radical (unpaired) electrons. The summed E-state index contributed by atoms with van der Waals surface area (Å²) in [5.74, 6) is -0.147. The SMILES string of the molecule is CCOc1ccc(NS(=O)(=O)c2ccc(CCC(=O)[O-])cc2)cc1OCC. The van der Waals surface area contributed by atoms with Gasteiger partial charge in [-0.3, -0.25) is 4.72 Å². The molecule has 0 amide bonds. The van der Waals surface area contributed by atoms with E-state index in [4.69, 9.17) is 9.47 Å². The van der Waals surface area contributed by atoms with Crippen molar-refractivity contribution in [1.82, 2.24) is 0 Å². The first-order chi connectivity index (χ1) is 12.9. The summed E-state index contributed by atoms with van der Waals surface area (Å²) in [6.45, 7) is 4.57. The van der Waals surface area contributed by atoms with Crippen LogP contribution in [0.2, 0.25) is 0 Å². The summed E-state index contributed by atoms with van der Waals surface area (Å²) in [4.78, 5) is 10.6. The van der Waals surface area contributed by atoms with E-state index in [1.54, 1.807) is 30.3 Å². The third-order valence-electron chi connectivity index (χ3n) is 3.65. The van der Waals surface area contributed by atoms with Crippen LogP contribution in [0.25, 0.3) is 0 Å². The number of benzene rings is 2. The second-order valence-electron chi connectivity index (χ2n) is 5.65. The van der Waals surface area contributed by atoms with Gasteiger partial charge in [0.05, 0.1) is 23.8 Å². The molecule has 0 fully saturated rings. The lowest BCUT2D eigenvalue weighted by Crippen LogP contribution is -2.22. The molecule has 0 saturated carbocycles. The molecule has 0 saturated heterocycles. The largest absolute Gasteiger partial charge is 0.550 e. The molecule has 0 heterocycles. The van der Waals surface area contributed by atoms with Gasteiger partial charge >= 0.3 is 0 Å². The lowest BCUT2D eigenvalue weighted by Gasteiger charge is -2.14. The van der Waals surface area contributed by atoms with Crippen LogP contribution in [0, 0.1) is 0 Å². The molecule has 0 aliphatic heterocycles. The Hall–Kier alpha value is -2.74. The molecule has 146 valence electrons. The van der Waals surface area contributed by atoms with Crippen LogP contribution < -0.4 is 19.3 Å². The number of carbonyl (C=O) groups excluding carboxylic acids is 1. The first-order valence-electron chi connectivity index (χ1n) is 8.57. The molecule has 0 aliphatic rings. The molecule has 0 unspecified atom stereocenters. The fourth-order valence-electron chi connectivity index (χ4n) is 2.41. The molecule has 2 aromatic carbocycles. The zero-order chi connectivity index (χ0) is 19.9. The van der Waals surface area contributed by atoms with Crippen molar-refractivity contribution >= 4 is 21.7 Å². The zero-order valence-corrected chi connectivity index (χ0v) is 16.0. The van der Waals surface area contributed by atoms with Crippen LogP contribution in [0.1, 0.15) is 25.8 Å². The first kappa shape index (κ1) is 20.6. The lowest BCUT2D eigenvalue weighted by atomic mass is 10.1. The molecule has 2 rings (SSSR count). The number of nitrogens with one attached hydrogen (secondary N) is 1. The second kappa shape index (κ2) is 9.27. The van der Waals surface area contributed by atoms with Gasteiger partial charge in [-0.05, 0) is 56.5 Å². The van der Waals surface area contributed by atoms with Crippen molar-refractivity contribution in [2.45, 2.75) is 31.6 Å². The first-order valence-corrected chi connectivity index (χ1v) is 10.0. The number of ether oxygens (including phenoxy) is 2. The van der Waals surface area contributed by atoms with Gasteiger partial charge in [-0.25, -0.2) is 8.42 Å². The highest BCUT2D eigenvalue weighted by molar-refractivity contribution is 7.92. The summed E-state index contributed by atoms with van der Waals surface area (Å²) >= 11 is 0. The summed E-state index contributed by atoms with van der Waals surface area (Å²) in [6, 6.07) is 10.9. The Kier molecular flexibility index (Phi) is 7.06. The molecular weight excluding hydrogens is 370 g/mol. The van der Waals surface area contributed by atoms with Gasteiger partial charge in [-0.1, -0.05) is 12.1 Å². The van der Waals surface area contributed by atoms with Gasteiger partial charge in [0.1, 0.15) is 0 Å². The Balaban J connectivity index is 2.17. The van der Waals surface area contributed by atoms with Crippen molar-refractivity contribution in [3.63, 3.8) is 0 Å². The quantitative estimate of drug-likeness (QED) is 0.663. The normalized spacial score (nSPS) is 11.0. The van der Waals surface area contributed by atoms with Crippen LogP contribution in [0.3, 0.4) is 0 Å². The maximum Gasteiger partial charge on any atom is 0.261 e. The van der Waals surface area contributed by atoms with E-state index in [0.29, 0.717) is 30.4 Å². The average molecular weight is 392 g/mol. The summed E-state index contributed by atoms with van der Waals surface area (Å²) < 4.78 is 38.6. The maximum absolute atomic E-state index is 12.6. The molecule has 1 N–H and O–H groups in total. The van der Waals surface area contributed by atoms with E-state index in [1.807, 2.05) is 13.8 Å². The predicted molar refractivity (Wildman–Crippen MR) is 99.4 cm³/mol. The minimum absolute atomic E-state index is 0.0755. The second-order valence-corrected chi connectivity index (χ2v) is 7.33. The molecule has 0 aliphatic carbocycles. The number of rotatable bonds is 10. The fourth-order valence-corrected chi connectivity index (χ4v) is 3.46. The van der Waals surface area contributed by atoms with E-state index in [0.717, 1.165) is 5.56 Å². The van der Waals surface area contributed by atoms with Crippen molar-refractivity contribution in [1.29, 1.82) is 0 Å². The molecule has 7 nitrogen and oxygen atoms in total. The smallest absolute Gasteiger partial charge is 0.261 e. The number of hydrogen-bond donors (Lipinski definition) is 1. The molecule has 8 heteroatoms. The highest BCUT2D eigenvalue weighted by atomic mass is 32.2. The van der Waals surface area contributed by atoms with E-state index in [-0.39, 0.29) is 17.7 Å². The summed E-state index contributed by atoms with van der Waals surface area (Å²) in [7, 11) is -3.79. The van der Waals surface area contributed by atoms with Gasteiger partial charge in [-0.15, -0.1) is 0 Å². The predicted octanol–water partition coefficient (Wildman–Crippen LogP) is 1.97. The van der Waals surface area contributed by atoms with Crippen LogP contribution in [-0.4, -0.2) is 27.6 Å². The van der Waals surface area contributed by atoms with E-state index >= 15 is 0 Å². The third-order valence-corrected chi connectivity index (χ3v) is 5.04. The molecular formula is C19H22NO6S-. The molecule has 0 atom stereocenters. The number of aryl methyl sites for hydroxylation is 1. The van der Waals surface area contributed by atoms with Gasteiger partial charge in [0, 0.05) is 12.0 Å². The van der Waals surface area contributed by atoms with Gasteiger partial charge in [0.2, 0.25) is 0 Å². The minimum atomic E-state index is -3.79. The number of anilines is 1. The molecule has 2 aromatic rings. The van der Waals surface area contributed by atoms with E-state index < -0.39 is 16.0 Å². The highest BCUT2D eigenvalue weighted by Gasteiger charge is 2.16. The molecule has 27 heavy (non-hydrogen) atoms. The van der Waals surface area contributed by atoms with E-state index in [9.17, 15) is 18.3 Å². The highest BCUT2D eigenvalue weighted by Crippen LogP contribution is 2.31. The Morgan fingerprint density at radius 1 is 1.00 bits per heavy atom. The summed E-state index contributed by atoms with van der Waals surface area (Å²) in [5, 5.41) is 10.5. The van der Waals surface area contributed by atoms with Crippen molar-refractivity contribution in [3.8, 4) is 11.5 Å². The lowest BCUT2D eigenvalue weighted by molar-refractivity contribution is -0.305. The Morgan fingerprint density at radius 2 is 1.63 bits per heavy atom. The fraction of sp³-hybridized carbons (Fsp3) is 0.316. The van der Waals surface area contributed by atoms with Crippen LogP contribution in [0.15, 0.2) is 47.4 Å². The van der Waals surface area contributed by atoms with Crippen molar-refractivity contribution in [2.75, 3.05) is 17.9 Å². The molecule has 0 spiro atoms. The minimum Gasteiger partial charge on any atom is -0.550 e. The van der Waals surface area contributed by atoms with Gasteiger partial charge < -0.3 is 19.4 Å². The summed E-state index contributed by atoms with van der Waals surface area (Å²) in [5.41, 5.74) is 1.07. The Bertz CT molecular complexity index is 878. The topological polar surface area (TPSA) is 105 Å². The Labute approximate surface area is 159 Å². The van der Waals surface area contributed by atoms with Crippen LogP contribution >= 0.6 is 0 Å². The number of carboxylic acids is 1. The summed E-state index contributed by atoms with van der Waals surface area (Å²) in [6.07, 6.45) is 0.170. The van der Waals surface area contributed by atoms with Gasteiger partial charge in [0.15, 0.2) is 11.5 Å². The maximum atomic E-state index is 12.6.